The predicted octanol–water partition coefficient (Wildman–Crippen LogP) is 2.82. The molecule has 0 aromatic heterocycles. The first-order valence-electron chi connectivity index (χ1n) is 7.48. The average molecular weight is 310 g/mol. The minimum atomic E-state index is -3.04. The number of piperidine rings is 1. The van der Waals surface area contributed by atoms with Crippen molar-refractivity contribution in [1.82, 2.24) is 4.31 Å². The van der Waals surface area contributed by atoms with E-state index in [9.17, 15) is 8.42 Å². The predicted molar refractivity (Wildman–Crippen MR) is 88.2 cm³/mol. The van der Waals surface area contributed by atoms with E-state index in [4.69, 9.17) is 0 Å². The third kappa shape index (κ3) is 4.45. The maximum atomic E-state index is 11.5. The maximum Gasteiger partial charge on any atom is 0.211 e. The van der Waals surface area contributed by atoms with E-state index in [-0.39, 0.29) is 5.41 Å². The summed E-state index contributed by atoms with van der Waals surface area (Å²) in [5.74, 6) is 0. The number of anilines is 1. The van der Waals surface area contributed by atoms with Crippen molar-refractivity contribution in [3.05, 3.63) is 29.8 Å². The zero-order valence-corrected chi connectivity index (χ0v) is 14.2. The van der Waals surface area contributed by atoms with E-state index in [0.29, 0.717) is 19.1 Å². The lowest BCUT2D eigenvalue weighted by Gasteiger charge is -2.31. The van der Waals surface area contributed by atoms with Crippen molar-refractivity contribution in [1.29, 1.82) is 0 Å². The molecule has 0 aliphatic carbocycles. The highest BCUT2D eigenvalue weighted by molar-refractivity contribution is 7.88. The van der Waals surface area contributed by atoms with Crippen LogP contribution < -0.4 is 5.32 Å². The number of hydrogen-bond donors (Lipinski definition) is 1. The minimum absolute atomic E-state index is 0.166. The van der Waals surface area contributed by atoms with Crippen LogP contribution >= 0.6 is 0 Å². The normalized spacial score (nSPS) is 18.7. The molecule has 0 amide bonds. The third-order valence-electron chi connectivity index (χ3n) is 4.04. The van der Waals surface area contributed by atoms with Gasteiger partial charge < -0.3 is 5.32 Å². The Morgan fingerprint density at radius 2 is 1.62 bits per heavy atom. The summed E-state index contributed by atoms with van der Waals surface area (Å²) in [4.78, 5) is 0. The number of hydrogen-bond acceptors (Lipinski definition) is 3. The van der Waals surface area contributed by atoms with E-state index in [1.54, 1.807) is 4.31 Å². The van der Waals surface area contributed by atoms with Gasteiger partial charge >= 0.3 is 0 Å². The molecule has 0 atom stereocenters. The molecule has 0 radical (unpaired) electrons. The molecule has 0 bridgehead atoms. The number of rotatable bonds is 3. The van der Waals surface area contributed by atoms with Crippen molar-refractivity contribution in [3.63, 3.8) is 0 Å². The minimum Gasteiger partial charge on any atom is -0.382 e. The van der Waals surface area contributed by atoms with Crippen molar-refractivity contribution in [2.75, 3.05) is 24.7 Å². The zero-order valence-electron chi connectivity index (χ0n) is 13.4. The van der Waals surface area contributed by atoms with Gasteiger partial charge in [-0.1, -0.05) is 32.9 Å². The first-order valence-corrected chi connectivity index (χ1v) is 9.33. The molecular formula is C16H26N2O2S. The molecule has 21 heavy (non-hydrogen) atoms. The van der Waals surface area contributed by atoms with Crippen LogP contribution in [-0.2, 0) is 15.4 Å². The molecule has 0 spiro atoms. The number of nitrogens with one attached hydrogen (secondary N) is 1. The van der Waals surface area contributed by atoms with Crippen LogP contribution in [0.3, 0.4) is 0 Å². The van der Waals surface area contributed by atoms with Gasteiger partial charge in [-0.3, -0.25) is 0 Å². The van der Waals surface area contributed by atoms with E-state index >= 15 is 0 Å². The molecule has 1 aromatic carbocycles. The average Bonchev–Trinajstić information content (AvgIpc) is 2.38. The second-order valence-electron chi connectivity index (χ2n) is 6.91. The van der Waals surface area contributed by atoms with E-state index in [1.165, 1.54) is 11.8 Å². The van der Waals surface area contributed by atoms with E-state index < -0.39 is 10.0 Å². The Bertz CT molecular complexity index is 565. The van der Waals surface area contributed by atoms with Crippen LogP contribution in [0.5, 0.6) is 0 Å². The van der Waals surface area contributed by atoms with Crippen molar-refractivity contribution in [3.8, 4) is 0 Å². The topological polar surface area (TPSA) is 49.4 Å². The standard InChI is InChI=1S/C16H26N2O2S/c1-16(2,3)13-5-7-14(8-6-13)17-15-9-11-18(12-10-15)21(4,19)20/h5-8,15,17H,9-12H2,1-4H3. The van der Waals surface area contributed by atoms with Crippen LogP contribution in [0, 0.1) is 0 Å². The summed E-state index contributed by atoms with van der Waals surface area (Å²) >= 11 is 0. The van der Waals surface area contributed by atoms with Crippen LogP contribution in [0.15, 0.2) is 24.3 Å². The molecule has 5 heteroatoms. The molecule has 1 aromatic rings. The molecular weight excluding hydrogens is 284 g/mol. The van der Waals surface area contributed by atoms with Gasteiger partial charge in [-0.05, 0) is 36.0 Å². The fourth-order valence-corrected chi connectivity index (χ4v) is 3.51. The first-order chi connectivity index (χ1) is 9.66. The quantitative estimate of drug-likeness (QED) is 0.934. The molecule has 4 nitrogen and oxygen atoms in total. The Labute approximate surface area is 128 Å². The molecule has 1 heterocycles. The highest BCUT2D eigenvalue weighted by Gasteiger charge is 2.24. The van der Waals surface area contributed by atoms with E-state index in [0.717, 1.165) is 18.5 Å². The Morgan fingerprint density at radius 3 is 2.05 bits per heavy atom. The Kier molecular flexibility index (Phi) is 4.63. The van der Waals surface area contributed by atoms with E-state index in [1.807, 2.05) is 0 Å². The van der Waals surface area contributed by atoms with Crippen LogP contribution in [0.25, 0.3) is 0 Å². The fraction of sp³-hybridized carbons (Fsp3) is 0.625. The molecule has 0 unspecified atom stereocenters. The lowest BCUT2D eigenvalue weighted by Crippen LogP contribution is -2.41. The van der Waals surface area contributed by atoms with Crippen molar-refractivity contribution in [2.45, 2.75) is 45.1 Å². The van der Waals surface area contributed by atoms with Gasteiger partial charge in [0.25, 0.3) is 0 Å². The smallest absolute Gasteiger partial charge is 0.211 e. The molecule has 1 N–H and O–H groups in total. The lowest BCUT2D eigenvalue weighted by atomic mass is 9.87. The number of benzene rings is 1. The highest BCUT2D eigenvalue weighted by Crippen LogP contribution is 2.24. The SMILES string of the molecule is CC(C)(C)c1ccc(NC2CCN(S(C)(=O)=O)CC2)cc1. The lowest BCUT2D eigenvalue weighted by molar-refractivity contribution is 0.332. The summed E-state index contributed by atoms with van der Waals surface area (Å²) < 4.78 is 24.5. The van der Waals surface area contributed by atoms with Crippen LogP contribution in [0.2, 0.25) is 0 Å². The van der Waals surface area contributed by atoms with Gasteiger partial charge in [0, 0.05) is 24.8 Å². The molecule has 1 fully saturated rings. The van der Waals surface area contributed by atoms with Gasteiger partial charge in [-0.15, -0.1) is 0 Å². The van der Waals surface area contributed by atoms with Crippen molar-refractivity contribution < 1.29 is 8.42 Å². The van der Waals surface area contributed by atoms with Crippen LogP contribution in [-0.4, -0.2) is 38.1 Å². The summed E-state index contributed by atoms with van der Waals surface area (Å²) in [6, 6.07) is 8.90. The van der Waals surface area contributed by atoms with Gasteiger partial charge in [-0.2, -0.15) is 0 Å². The Balaban J connectivity index is 1.92. The molecule has 1 saturated heterocycles. The third-order valence-corrected chi connectivity index (χ3v) is 5.35. The van der Waals surface area contributed by atoms with Gasteiger partial charge in [0.05, 0.1) is 6.26 Å². The van der Waals surface area contributed by atoms with Gasteiger partial charge in [0.15, 0.2) is 0 Å². The molecule has 0 saturated carbocycles. The largest absolute Gasteiger partial charge is 0.382 e. The van der Waals surface area contributed by atoms with Crippen molar-refractivity contribution >= 4 is 15.7 Å². The van der Waals surface area contributed by atoms with Crippen molar-refractivity contribution in [2.24, 2.45) is 0 Å². The molecule has 1 aliphatic rings. The van der Waals surface area contributed by atoms with E-state index in [2.05, 4.69) is 50.4 Å². The molecule has 2 rings (SSSR count). The Hall–Kier alpha value is -1.07. The first kappa shape index (κ1) is 16.3. The monoisotopic (exact) mass is 310 g/mol. The number of sulfonamides is 1. The van der Waals surface area contributed by atoms with Gasteiger partial charge in [-0.25, -0.2) is 12.7 Å². The summed E-state index contributed by atoms with van der Waals surface area (Å²) in [5.41, 5.74) is 2.60. The maximum absolute atomic E-state index is 11.5. The summed E-state index contributed by atoms with van der Waals surface area (Å²) in [7, 11) is -3.04. The molecule has 1 aliphatic heterocycles. The van der Waals surface area contributed by atoms with Gasteiger partial charge in [0.1, 0.15) is 0 Å². The summed E-state index contributed by atoms with van der Waals surface area (Å²) in [6.07, 6.45) is 2.99. The summed E-state index contributed by atoms with van der Waals surface area (Å²) in [6.45, 7) is 7.83. The fourth-order valence-electron chi connectivity index (χ4n) is 2.63. The zero-order chi connectivity index (χ0) is 15.7. The highest BCUT2D eigenvalue weighted by atomic mass is 32.2. The van der Waals surface area contributed by atoms with Crippen LogP contribution in [0.4, 0.5) is 5.69 Å². The summed E-state index contributed by atoms with van der Waals surface area (Å²) in [5, 5.41) is 3.51. The Morgan fingerprint density at radius 1 is 1.10 bits per heavy atom. The second kappa shape index (κ2) is 5.97. The van der Waals surface area contributed by atoms with Gasteiger partial charge in [0.2, 0.25) is 10.0 Å². The number of nitrogens with zero attached hydrogens (tertiary/aromatic N) is 1. The van der Waals surface area contributed by atoms with Crippen LogP contribution in [0.1, 0.15) is 39.2 Å². The second-order valence-corrected chi connectivity index (χ2v) is 8.89. The molecule has 118 valence electrons.